The van der Waals surface area contributed by atoms with Crippen molar-refractivity contribution in [3.8, 4) is 5.75 Å². The van der Waals surface area contributed by atoms with E-state index in [1.54, 1.807) is 11.3 Å². The molecule has 0 aliphatic heterocycles. The SMILES string of the molecule is CCCOc1cccc(CCNC(=NCc2csc(N(C)C)n2)NCC)c1.I. The van der Waals surface area contributed by atoms with E-state index in [1.165, 1.54) is 5.56 Å². The van der Waals surface area contributed by atoms with Crippen LogP contribution in [0.4, 0.5) is 5.13 Å². The maximum Gasteiger partial charge on any atom is 0.191 e. The van der Waals surface area contributed by atoms with E-state index >= 15 is 0 Å². The molecule has 0 unspecified atom stereocenters. The van der Waals surface area contributed by atoms with Gasteiger partial charge in [0.25, 0.3) is 0 Å². The number of anilines is 1. The maximum absolute atomic E-state index is 5.70. The summed E-state index contributed by atoms with van der Waals surface area (Å²) in [5, 5.41) is 9.75. The van der Waals surface area contributed by atoms with Gasteiger partial charge in [0.2, 0.25) is 0 Å². The standard InChI is InChI=1S/C20H31N5OS.HI/c1-5-12-26-18-9-7-8-16(13-18)10-11-22-19(21-6-2)23-14-17-15-27-20(24-17)25(3)4;/h7-9,13,15H,5-6,10-12,14H2,1-4H3,(H2,21,22,23);1H. The van der Waals surface area contributed by atoms with Gasteiger partial charge >= 0.3 is 0 Å². The van der Waals surface area contributed by atoms with Gasteiger partial charge in [0.1, 0.15) is 5.75 Å². The molecule has 0 fully saturated rings. The summed E-state index contributed by atoms with van der Waals surface area (Å²) in [4.78, 5) is 11.2. The van der Waals surface area contributed by atoms with Crippen LogP contribution in [0.25, 0.3) is 0 Å². The van der Waals surface area contributed by atoms with Crippen molar-refractivity contribution < 1.29 is 4.74 Å². The number of benzene rings is 1. The molecule has 2 rings (SSSR count). The summed E-state index contributed by atoms with van der Waals surface area (Å²) in [6.07, 6.45) is 1.93. The highest BCUT2D eigenvalue weighted by atomic mass is 127. The average molecular weight is 517 g/mol. The van der Waals surface area contributed by atoms with E-state index in [1.807, 2.05) is 31.1 Å². The van der Waals surface area contributed by atoms with Gasteiger partial charge in [-0.3, -0.25) is 0 Å². The minimum Gasteiger partial charge on any atom is -0.494 e. The summed E-state index contributed by atoms with van der Waals surface area (Å²) in [7, 11) is 4.00. The summed E-state index contributed by atoms with van der Waals surface area (Å²) >= 11 is 1.64. The lowest BCUT2D eigenvalue weighted by Gasteiger charge is -2.12. The Kier molecular flexibility index (Phi) is 11.9. The normalized spacial score (nSPS) is 10.9. The van der Waals surface area contributed by atoms with E-state index in [2.05, 4.69) is 52.0 Å². The third-order valence-electron chi connectivity index (χ3n) is 3.74. The quantitative estimate of drug-likeness (QED) is 0.284. The number of rotatable bonds is 10. The van der Waals surface area contributed by atoms with Crippen molar-refractivity contribution in [1.29, 1.82) is 0 Å². The highest BCUT2D eigenvalue weighted by Gasteiger charge is 2.04. The molecule has 1 aromatic carbocycles. The zero-order chi connectivity index (χ0) is 19.5. The molecule has 28 heavy (non-hydrogen) atoms. The van der Waals surface area contributed by atoms with Crippen molar-refractivity contribution in [3.63, 3.8) is 0 Å². The maximum atomic E-state index is 5.70. The van der Waals surface area contributed by atoms with Crippen molar-refractivity contribution in [2.45, 2.75) is 33.2 Å². The van der Waals surface area contributed by atoms with Crippen LogP contribution in [0.2, 0.25) is 0 Å². The lowest BCUT2D eigenvalue weighted by molar-refractivity contribution is 0.317. The largest absolute Gasteiger partial charge is 0.494 e. The van der Waals surface area contributed by atoms with Gasteiger partial charge in [-0.05, 0) is 37.5 Å². The number of hydrogen-bond acceptors (Lipinski definition) is 5. The molecule has 0 saturated carbocycles. The molecule has 156 valence electrons. The van der Waals surface area contributed by atoms with E-state index in [0.717, 1.165) is 55.1 Å². The predicted molar refractivity (Wildman–Crippen MR) is 131 cm³/mol. The highest BCUT2D eigenvalue weighted by Crippen LogP contribution is 2.18. The Hall–Kier alpha value is -1.55. The van der Waals surface area contributed by atoms with Crippen LogP contribution in [0.5, 0.6) is 5.75 Å². The molecule has 0 atom stereocenters. The van der Waals surface area contributed by atoms with E-state index in [-0.39, 0.29) is 24.0 Å². The second-order valence-electron chi connectivity index (χ2n) is 6.38. The second kappa shape index (κ2) is 13.6. The Morgan fingerprint density at radius 1 is 1.25 bits per heavy atom. The molecular weight excluding hydrogens is 485 g/mol. The van der Waals surface area contributed by atoms with Crippen LogP contribution in [0.15, 0.2) is 34.6 Å². The third-order valence-corrected chi connectivity index (χ3v) is 4.80. The molecule has 0 bridgehead atoms. The molecule has 0 aliphatic carbocycles. The molecule has 0 aliphatic rings. The van der Waals surface area contributed by atoms with Crippen LogP contribution in [-0.4, -0.2) is 44.7 Å². The fourth-order valence-corrected chi connectivity index (χ4v) is 3.16. The topological polar surface area (TPSA) is 61.8 Å². The van der Waals surface area contributed by atoms with Gasteiger partial charge in [0.05, 0.1) is 18.8 Å². The number of guanidine groups is 1. The van der Waals surface area contributed by atoms with Crippen LogP contribution >= 0.6 is 35.3 Å². The first-order chi connectivity index (χ1) is 13.1. The summed E-state index contributed by atoms with van der Waals surface area (Å²) in [6.45, 7) is 7.14. The molecule has 2 N–H and O–H groups in total. The summed E-state index contributed by atoms with van der Waals surface area (Å²) in [5.41, 5.74) is 2.24. The van der Waals surface area contributed by atoms with Gasteiger partial charge < -0.3 is 20.3 Å². The number of ether oxygens (including phenoxy) is 1. The molecule has 0 saturated heterocycles. The zero-order valence-corrected chi connectivity index (χ0v) is 20.3. The van der Waals surface area contributed by atoms with E-state index in [0.29, 0.717) is 6.54 Å². The van der Waals surface area contributed by atoms with E-state index < -0.39 is 0 Å². The van der Waals surface area contributed by atoms with Crippen molar-refractivity contribution in [2.24, 2.45) is 4.99 Å². The van der Waals surface area contributed by atoms with Gasteiger partial charge in [-0.15, -0.1) is 35.3 Å². The summed E-state index contributed by atoms with van der Waals surface area (Å²) in [6, 6.07) is 8.29. The molecule has 1 heterocycles. The molecule has 0 amide bonds. The Balaban J connectivity index is 0.00000392. The van der Waals surface area contributed by atoms with Crippen molar-refractivity contribution in [3.05, 3.63) is 40.9 Å². The van der Waals surface area contributed by atoms with Gasteiger partial charge in [0.15, 0.2) is 11.1 Å². The first-order valence-electron chi connectivity index (χ1n) is 9.48. The molecule has 6 nitrogen and oxygen atoms in total. The van der Waals surface area contributed by atoms with Crippen molar-refractivity contribution >= 4 is 46.4 Å². The highest BCUT2D eigenvalue weighted by molar-refractivity contribution is 14.0. The van der Waals surface area contributed by atoms with Crippen molar-refractivity contribution in [1.82, 2.24) is 15.6 Å². The van der Waals surface area contributed by atoms with Gasteiger partial charge in [-0.1, -0.05) is 19.1 Å². The number of nitrogens with zero attached hydrogens (tertiary/aromatic N) is 3. The van der Waals surface area contributed by atoms with Crippen LogP contribution in [0, 0.1) is 0 Å². The van der Waals surface area contributed by atoms with Crippen LogP contribution < -0.4 is 20.3 Å². The molecule has 2 aromatic rings. The third kappa shape index (κ3) is 8.64. The summed E-state index contributed by atoms with van der Waals surface area (Å²) < 4.78 is 5.70. The first kappa shape index (κ1) is 24.5. The Labute approximate surface area is 189 Å². The Bertz CT molecular complexity index is 720. The first-order valence-corrected chi connectivity index (χ1v) is 10.4. The number of thiazole rings is 1. The Morgan fingerprint density at radius 2 is 2.07 bits per heavy atom. The average Bonchev–Trinajstić information content (AvgIpc) is 3.14. The minimum absolute atomic E-state index is 0. The molecule has 0 spiro atoms. The van der Waals surface area contributed by atoms with Gasteiger partial charge in [-0.25, -0.2) is 9.98 Å². The second-order valence-corrected chi connectivity index (χ2v) is 7.22. The lowest BCUT2D eigenvalue weighted by Crippen LogP contribution is -2.38. The number of hydrogen-bond donors (Lipinski definition) is 2. The van der Waals surface area contributed by atoms with E-state index in [9.17, 15) is 0 Å². The molecule has 1 aromatic heterocycles. The fourth-order valence-electron chi connectivity index (χ4n) is 2.41. The van der Waals surface area contributed by atoms with Gasteiger partial charge in [0, 0.05) is 32.6 Å². The molecular formula is C20H32IN5OS. The van der Waals surface area contributed by atoms with Gasteiger partial charge in [-0.2, -0.15) is 0 Å². The number of nitrogens with one attached hydrogen (secondary N) is 2. The number of aromatic nitrogens is 1. The van der Waals surface area contributed by atoms with Crippen LogP contribution in [-0.2, 0) is 13.0 Å². The predicted octanol–water partition coefficient (Wildman–Crippen LogP) is 3.91. The molecule has 8 heteroatoms. The minimum atomic E-state index is 0. The lowest BCUT2D eigenvalue weighted by atomic mass is 10.1. The monoisotopic (exact) mass is 517 g/mol. The summed E-state index contributed by atoms with van der Waals surface area (Å²) in [5.74, 6) is 1.76. The zero-order valence-electron chi connectivity index (χ0n) is 17.2. The number of halogens is 1. The number of aliphatic imine (C=N–C) groups is 1. The van der Waals surface area contributed by atoms with Crippen LogP contribution in [0.1, 0.15) is 31.5 Å². The Morgan fingerprint density at radius 3 is 2.75 bits per heavy atom. The van der Waals surface area contributed by atoms with E-state index in [4.69, 9.17) is 4.74 Å². The van der Waals surface area contributed by atoms with Crippen LogP contribution in [0.3, 0.4) is 0 Å². The fraction of sp³-hybridized carbons (Fsp3) is 0.500. The smallest absolute Gasteiger partial charge is 0.191 e. The van der Waals surface area contributed by atoms with Crippen molar-refractivity contribution in [2.75, 3.05) is 38.7 Å². The molecule has 0 radical (unpaired) electrons.